The molecule has 0 spiro atoms. The van der Waals surface area contributed by atoms with Crippen molar-refractivity contribution in [2.24, 2.45) is 0 Å². The number of halogens is 2. The minimum Gasteiger partial charge on any atom is -0.449 e. The molecule has 2 aromatic carbocycles. The molecule has 0 bridgehead atoms. The average molecular weight is 386 g/mol. The molecule has 0 heterocycles. The Morgan fingerprint density at radius 1 is 1.07 bits per heavy atom. The van der Waals surface area contributed by atoms with E-state index in [9.17, 15) is 18.4 Å². The van der Waals surface area contributed by atoms with E-state index < -0.39 is 29.7 Å². The first-order valence-corrected chi connectivity index (χ1v) is 8.61. The maximum atomic E-state index is 13.4. The first kappa shape index (κ1) is 20.9. The smallest absolute Gasteiger partial charge is 0.407 e. The number of nitrogens with one attached hydrogen (secondary N) is 2. The van der Waals surface area contributed by atoms with Crippen LogP contribution in [0.2, 0.25) is 0 Å². The molecular weight excluding hydrogens is 366 g/mol. The van der Waals surface area contributed by atoms with Gasteiger partial charge in [0.05, 0.1) is 13.2 Å². The summed E-state index contributed by atoms with van der Waals surface area (Å²) in [5.74, 6) is 0.115. The van der Waals surface area contributed by atoms with Gasteiger partial charge in [0.1, 0.15) is 17.7 Å². The van der Waals surface area contributed by atoms with Crippen molar-refractivity contribution in [1.29, 1.82) is 0 Å². The van der Waals surface area contributed by atoms with Gasteiger partial charge in [-0.2, -0.15) is 0 Å². The molecule has 0 aliphatic heterocycles. The summed E-state index contributed by atoms with van der Waals surface area (Å²) in [6, 6.07) is 11.2. The van der Waals surface area contributed by atoms with Crippen molar-refractivity contribution in [3.63, 3.8) is 0 Å². The summed E-state index contributed by atoms with van der Waals surface area (Å²) in [7, 11) is 0. The Labute approximate surface area is 162 Å². The number of hydrogen-bond acceptors (Lipinski definition) is 3. The predicted octanol–water partition coefficient (Wildman–Crippen LogP) is 2.59. The molecule has 5 nitrogen and oxygen atoms in total. The highest BCUT2D eigenvalue weighted by Gasteiger charge is 2.22. The number of hydrogen-bond donors (Lipinski definition) is 2. The minimum absolute atomic E-state index is 0.0441. The number of terminal acetylenes is 1. The van der Waals surface area contributed by atoms with Crippen LogP contribution in [-0.2, 0) is 22.4 Å². The molecule has 2 rings (SSSR count). The van der Waals surface area contributed by atoms with Crippen LogP contribution in [0.1, 0.15) is 11.1 Å². The van der Waals surface area contributed by atoms with Gasteiger partial charge in [0.2, 0.25) is 5.91 Å². The van der Waals surface area contributed by atoms with Gasteiger partial charge in [0, 0.05) is 18.9 Å². The summed E-state index contributed by atoms with van der Waals surface area (Å²) in [5, 5.41) is 4.85. The van der Waals surface area contributed by atoms with Crippen molar-refractivity contribution in [3.05, 3.63) is 71.3 Å². The van der Waals surface area contributed by atoms with E-state index in [1.54, 1.807) is 0 Å². The summed E-state index contributed by atoms with van der Waals surface area (Å²) >= 11 is 0. The normalized spacial score (nSPS) is 11.2. The molecule has 0 saturated heterocycles. The van der Waals surface area contributed by atoms with Crippen LogP contribution >= 0.6 is 0 Å². The molecule has 7 heteroatoms. The van der Waals surface area contributed by atoms with Crippen LogP contribution in [0.15, 0.2) is 48.5 Å². The van der Waals surface area contributed by atoms with Gasteiger partial charge in [0.25, 0.3) is 0 Å². The Bertz CT molecular complexity index is 830. The number of ether oxygens (including phenoxy) is 1. The number of carbonyl (C=O) groups excluding carboxylic acids is 2. The van der Waals surface area contributed by atoms with Crippen molar-refractivity contribution < 1.29 is 23.1 Å². The van der Waals surface area contributed by atoms with Crippen LogP contribution in [0.5, 0.6) is 0 Å². The molecule has 0 unspecified atom stereocenters. The standard InChI is InChI=1S/C21H20F2N2O3/c1-2-9-24-20(26)19(13-16-11-17(22)14-18(23)12-16)25-21(27)28-10-8-15-6-4-3-5-7-15/h1,3-7,11-12,14,19H,8-10,13H2,(H,24,26)(H,25,27)/t19-/m0/s1. The predicted molar refractivity (Wildman–Crippen MR) is 100 cm³/mol. The van der Waals surface area contributed by atoms with E-state index in [4.69, 9.17) is 11.2 Å². The van der Waals surface area contributed by atoms with E-state index in [-0.39, 0.29) is 25.1 Å². The number of alkyl carbamates (subject to hydrolysis) is 1. The van der Waals surface area contributed by atoms with Crippen LogP contribution in [0, 0.1) is 24.0 Å². The molecule has 0 aliphatic carbocycles. The lowest BCUT2D eigenvalue weighted by atomic mass is 10.0. The third-order valence-electron chi connectivity index (χ3n) is 3.80. The second-order valence-corrected chi connectivity index (χ2v) is 5.97. The minimum atomic E-state index is -1.10. The molecule has 0 saturated carbocycles. The summed E-state index contributed by atoms with van der Waals surface area (Å²) in [6.07, 6.45) is 4.69. The van der Waals surface area contributed by atoms with Crippen LogP contribution in [-0.4, -0.2) is 31.2 Å². The zero-order chi connectivity index (χ0) is 20.4. The Morgan fingerprint density at radius 3 is 2.39 bits per heavy atom. The molecule has 0 radical (unpaired) electrons. The number of rotatable bonds is 8. The third-order valence-corrected chi connectivity index (χ3v) is 3.80. The van der Waals surface area contributed by atoms with Crippen molar-refractivity contribution in [3.8, 4) is 12.3 Å². The quantitative estimate of drug-likeness (QED) is 0.686. The molecule has 0 fully saturated rings. The van der Waals surface area contributed by atoms with Gasteiger partial charge in [-0.25, -0.2) is 13.6 Å². The fourth-order valence-corrected chi connectivity index (χ4v) is 2.53. The first-order chi connectivity index (χ1) is 13.5. The number of amides is 2. The van der Waals surface area contributed by atoms with E-state index in [0.717, 1.165) is 23.8 Å². The van der Waals surface area contributed by atoms with Crippen molar-refractivity contribution in [2.75, 3.05) is 13.2 Å². The SMILES string of the molecule is C#CCNC(=O)[C@H](Cc1cc(F)cc(F)c1)NC(=O)OCCc1ccccc1. The fourth-order valence-electron chi connectivity index (χ4n) is 2.53. The summed E-state index contributed by atoms with van der Waals surface area (Å²) in [6.45, 7) is 0.0702. The Balaban J connectivity index is 1.96. The van der Waals surface area contributed by atoms with Gasteiger partial charge >= 0.3 is 6.09 Å². The molecule has 0 aromatic heterocycles. The van der Waals surface area contributed by atoms with Gasteiger partial charge in [0.15, 0.2) is 0 Å². The highest BCUT2D eigenvalue weighted by Crippen LogP contribution is 2.11. The van der Waals surface area contributed by atoms with Gasteiger partial charge in [-0.05, 0) is 23.3 Å². The number of benzene rings is 2. The maximum Gasteiger partial charge on any atom is 0.407 e. The molecular formula is C21H20F2N2O3. The summed E-state index contributed by atoms with van der Waals surface area (Å²) in [5.41, 5.74) is 1.21. The van der Waals surface area contributed by atoms with Gasteiger partial charge in [-0.1, -0.05) is 36.3 Å². The van der Waals surface area contributed by atoms with Gasteiger partial charge in [-0.3, -0.25) is 4.79 Å². The number of carbonyl (C=O) groups is 2. The molecule has 2 amide bonds. The van der Waals surface area contributed by atoms with Crippen LogP contribution in [0.3, 0.4) is 0 Å². The highest BCUT2D eigenvalue weighted by molar-refractivity contribution is 5.86. The Hall–Kier alpha value is -3.40. The Kier molecular flexibility index (Phi) is 7.97. The van der Waals surface area contributed by atoms with Gasteiger partial charge in [-0.15, -0.1) is 6.42 Å². The molecule has 2 N–H and O–H groups in total. The van der Waals surface area contributed by atoms with Gasteiger partial charge < -0.3 is 15.4 Å². The topological polar surface area (TPSA) is 67.4 Å². The van der Waals surface area contributed by atoms with Crippen LogP contribution in [0.25, 0.3) is 0 Å². The largest absolute Gasteiger partial charge is 0.449 e. The van der Waals surface area contributed by atoms with Crippen LogP contribution < -0.4 is 10.6 Å². The molecule has 0 aliphatic rings. The third kappa shape index (κ3) is 7.08. The van der Waals surface area contributed by atoms with E-state index in [2.05, 4.69) is 16.6 Å². The molecule has 28 heavy (non-hydrogen) atoms. The second kappa shape index (κ2) is 10.7. The zero-order valence-corrected chi connectivity index (χ0v) is 15.1. The van der Waals surface area contributed by atoms with Crippen molar-refractivity contribution in [1.82, 2.24) is 10.6 Å². The summed E-state index contributed by atoms with van der Waals surface area (Å²) < 4.78 is 31.9. The summed E-state index contributed by atoms with van der Waals surface area (Å²) in [4.78, 5) is 24.3. The molecule has 146 valence electrons. The van der Waals surface area contributed by atoms with Crippen molar-refractivity contribution >= 4 is 12.0 Å². The Morgan fingerprint density at radius 2 is 1.75 bits per heavy atom. The van der Waals surface area contributed by atoms with E-state index >= 15 is 0 Å². The molecule has 2 aromatic rings. The lowest BCUT2D eigenvalue weighted by molar-refractivity contribution is -0.122. The first-order valence-electron chi connectivity index (χ1n) is 8.61. The fraction of sp³-hybridized carbons (Fsp3) is 0.238. The van der Waals surface area contributed by atoms with E-state index in [1.807, 2.05) is 30.3 Å². The maximum absolute atomic E-state index is 13.4. The zero-order valence-electron chi connectivity index (χ0n) is 15.1. The lowest BCUT2D eigenvalue weighted by Crippen LogP contribution is -2.48. The van der Waals surface area contributed by atoms with Crippen LogP contribution in [0.4, 0.5) is 13.6 Å². The average Bonchev–Trinajstić information content (AvgIpc) is 2.65. The molecule has 1 atom stereocenters. The highest BCUT2D eigenvalue weighted by atomic mass is 19.1. The van der Waals surface area contributed by atoms with E-state index in [1.165, 1.54) is 0 Å². The monoisotopic (exact) mass is 386 g/mol. The second-order valence-electron chi connectivity index (χ2n) is 5.97. The van der Waals surface area contributed by atoms with Crippen molar-refractivity contribution in [2.45, 2.75) is 18.9 Å². The lowest BCUT2D eigenvalue weighted by Gasteiger charge is -2.18. The van der Waals surface area contributed by atoms with E-state index in [0.29, 0.717) is 6.42 Å².